The Hall–Kier alpha value is -4.38. The van der Waals surface area contributed by atoms with Gasteiger partial charge >= 0.3 is 5.97 Å². The predicted octanol–water partition coefficient (Wildman–Crippen LogP) is 9.22. The highest BCUT2D eigenvalue weighted by Crippen LogP contribution is 2.38. The smallest absolute Gasteiger partial charge is 0.338 e. The summed E-state index contributed by atoms with van der Waals surface area (Å²) in [5.74, 6) is -2.09. The molecule has 12 heteroatoms. The van der Waals surface area contributed by atoms with E-state index in [-0.39, 0.29) is 46.3 Å². The maximum Gasteiger partial charge on any atom is 0.338 e. The highest BCUT2D eigenvalue weighted by molar-refractivity contribution is 7.89. The van der Waals surface area contributed by atoms with Gasteiger partial charge in [-0.25, -0.2) is 22.3 Å². The van der Waals surface area contributed by atoms with Crippen molar-refractivity contribution in [2.24, 2.45) is 0 Å². The Morgan fingerprint density at radius 3 is 2.12 bits per heavy atom. The molecule has 0 radical (unpaired) electrons. The molecule has 2 N–H and O–H groups in total. The van der Waals surface area contributed by atoms with Gasteiger partial charge in [-0.1, -0.05) is 95.5 Å². The van der Waals surface area contributed by atoms with E-state index in [1.165, 1.54) is 24.3 Å². The van der Waals surface area contributed by atoms with Gasteiger partial charge in [-0.05, 0) is 65.2 Å². The van der Waals surface area contributed by atoms with E-state index in [0.29, 0.717) is 11.4 Å². The Morgan fingerprint density at radius 1 is 0.820 bits per heavy atom. The highest BCUT2D eigenvalue weighted by atomic mass is 35.5. The molecular formula is C38H30Cl3FN2O5S. The molecule has 1 heterocycles. The molecule has 7 nitrogen and oxygen atoms in total. The molecule has 1 aromatic heterocycles. The van der Waals surface area contributed by atoms with Crippen LogP contribution >= 0.6 is 34.8 Å². The minimum atomic E-state index is -3.95. The summed E-state index contributed by atoms with van der Waals surface area (Å²) in [4.78, 5) is 11.3. The summed E-state index contributed by atoms with van der Waals surface area (Å²) in [5.41, 5.74) is 4.17. The molecule has 0 aliphatic rings. The molecule has 0 spiro atoms. The van der Waals surface area contributed by atoms with Gasteiger partial charge in [0.2, 0.25) is 10.0 Å². The fourth-order valence-electron chi connectivity index (χ4n) is 6.07. The first-order chi connectivity index (χ1) is 24.0. The summed E-state index contributed by atoms with van der Waals surface area (Å²) >= 11 is 18.7. The minimum Gasteiger partial charge on any atom is -0.493 e. The number of sulfonamides is 1. The van der Waals surface area contributed by atoms with Crippen LogP contribution < -0.4 is 9.46 Å². The first-order valence-corrected chi connectivity index (χ1v) is 18.2. The Morgan fingerprint density at radius 2 is 1.50 bits per heavy atom. The van der Waals surface area contributed by atoms with Crippen molar-refractivity contribution in [3.8, 4) is 5.75 Å². The van der Waals surface area contributed by atoms with Crippen molar-refractivity contribution in [3.05, 3.63) is 164 Å². The van der Waals surface area contributed by atoms with Crippen molar-refractivity contribution in [1.82, 2.24) is 9.29 Å². The maximum absolute atomic E-state index is 14.4. The molecule has 0 aliphatic carbocycles. The van der Waals surface area contributed by atoms with Crippen LogP contribution in [0.5, 0.6) is 5.75 Å². The van der Waals surface area contributed by atoms with Crippen LogP contribution in [0.25, 0.3) is 10.9 Å². The number of carbonyl (C=O) groups is 1. The molecule has 0 bridgehead atoms. The maximum atomic E-state index is 14.4. The fraction of sp³-hybridized carbons (Fsp3) is 0.132. The van der Waals surface area contributed by atoms with Crippen molar-refractivity contribution < 1.29 is 27.4 Å². The molecule has 0 saturated heterocycles. The second-order valence-electron chi connectivity index (χ2n) is 11.4. The molecule has 0 saturated carbocycles. The lowest BCUT2D eigenvalue weighted by Gasteiger charge is -2.25. The van der Waals surface area contributed by atoms with Gasteiger partial charge in [-0.2, -0.15) is 0 Å². The quantitative estimate of drug-likeness (QED) is 0.123. The molecule has 256 valence electrons. The number of aromatic nitrogens is 1. The highest BCUT2D eigenvalue weighted by Gasteiger charge is 2.26. The zero-order chi connectivity index (χ0) is 35.4. The monoisotopic (exact) mass is 750 g/mol. The van der Waals surface area contributed by atoms with Crippen LogP contribution in [0.4, 0.5) is 4.39 Å². The van der Waals surface area contributed by atoms with Gasteiger partial charge in [0.15, 0.2) is 0 Å². The van der Waals surface area contributed by atoms with Crippen LogP contribution in [0.15, 0.2) is 120 Å². The number of carboxylic acids is 1. The van der Waals surface area contributed by atoms with E-state index in [1.807, 2.05) is 78.9 Å². The zero-order valence-electron chi connectivity index (χ0n) is 26.3. The van der Waals surface area contributed by atoms with Crippen LogP contribution in [0.2, 0.25) is 15.1 Å². The van der Waals surface area contributed by atoms with E-state index < -0.39 is 27.4 Å². The number of nitrogens with zero attached hydrogens (tertiary/aromatic N) is 1. The molecule has 6 aromatic rings. The Labute approximate surface area is 303 Å². The number of halogens is 4. The number of hydrogen-bond donors (Lipinski definition) is 2. The average molecular weight is 752 g/mol. The summed E-state index contributed by atoms with van der Waals surface area (Å²) in [5, 5.41) is 11.0. The van der Waals surface area contributed by atoms with Crippen molar-refractivity contribution in [2.45, 2.75) is 23.8 Å². The van der Waals surface area contributed by atoms with Gasteiger partial charge in [-0.3, -0.25) is 0 Å². The van der Waals surface area contributed by atoms with E-state index in [1.54, 1.807) is 0 Å². The molecular weight excluding hydrogens is 722 g/mol. The lowest BCUT2D eigenvalue weighted by Crippen LogP contribution is -2.27. The third-order valence-corrected chi connectivity index (χ3v) is 10.8. The van der Waals surface area contributed by atoms with Crippen LogP contribution in [-0.2, 0) is 22.9 Å². The van der Waals surface area contributed by atoms with Gasteiger partial charge < -0.3 is 14.4 Å². The van der Waals surface area contributed by atoms with Gasteiger partial charge in [0.05, 0.1) is 33.2 Å². The lowest BCUT2D eigenvalue weighted by molar-refractivity contribution is 0.0691. The van der Waals surface area contributed by atoms with E-state index >= 15 is 0 Å². The standard InChI is InChI=1S/C38H30Cl3FN2O5S/c39-26-11-16-35-31(21-26)29(18-20-49-27-12-14-30(38(45)46)34(42)22-27)36(17-19-43-50(47,48)28-13-15-32(40)33(41)23-28)44(35)37(24-7-3-1-4-8-24)25-9-5-2-6-10-25/h1-16,21-23,37,43H,17-20H2,(H,45,46). The Balaban J connectivity index is 1.43. The average Bonchev–Trinajstić information content (AvgIpc) is 3.38. The number of ether oxygens (including phenoxy) is 1. The zero-order valence-corrected chi connectivity index (χ0v) is 29.4. The van der Waals surface area contributed by atoms with E-state index in [2.05, 4.69) is 9.29 Å². The van der Waals surface area contributed by atoms with E-state index in [0.717, 1.165) is 45.4 Å². The second kappa shape index (κ2) is 15.2. The van der Waals surface area contributed by atoms with Gasteiger partial charge in [0, 0.05) is 47.1 Å². The summed E-state index contributed by atoms with van der Waals surface area (Å²) < 4.78 is 52.0. The molecule has 6 rings (SSSR count). The van der Waals surface area contributed by atoms with Crippen LogP contribution in [0, 0.1) is 5.82 Å². The summed E-state index contributed by atoms with van der Waals surface area (Å²) in [6.07, 6.45) is 0.623. The third-order valence-electron chi connectivity index (χ3n) is 8.32. The number of hydrogen-bond acceptors (Lipinski definition) is 4. The van der Waals surface area contributed by atoms with Crippen LogP contribution in [0.1, 0.15) is 38.8 Å². The number of carboxylic acid groups (broad SMARTS) is 1. The Bertz CT molecular complexity index is 2240. The summed E-state index contributed by atoms with van der Waals surface area (Å²) in [6, 6.07) is 33.1. The van der Waals surface area contributed by atoms with E-state index in [9.17, 15) is 22.7 Å². The molecule has 0 atom stereocenters. The SMILES string of the molecule is O=C(O)c1ccc(OCCc2c(CCNS(=O)(=O)c3ccc(Cl)c(Cl)c3)n(C(c3ccccc3)c3ccccc3)c3ccc(Cl)cc23)cc1F. The van der Waals surface area contributed by atoms with Crippen molar-refractivity contribution >= 4 is 61.7 Å². The van der Waals surface area contributed by atoms with Gasteiger partial charge in [0.25, 0.3) is 0 Å². The number of nitrogens with one attached hydrogen (secondary N) is 1. The molecule has 0 aliphatic heterocycles. The second-order valence-corrected chi connectivity index (χ2v) is 14.5. The fourth-order valence-corrected chi connectivity index (χ4v) is 7.67. The number of fused-ring (bicyclic) bond motifs is 1. The molecule has 0 unspecified atom stereocenters. The number of aromatic carboxylic acids is 1. The lowest BCUT2D eigenvalue weighted by atomic mass is 9.97. The largest absolute Gasteiger partial charge is 0.493 e. The van der Waals surface area contributed by atoms with Gasteiger partial charge in [-0.15, -0.1) is 0 Å². The summed E-state index contributed by atoms with van der Waals surface area (Å²) in [7, 11) is -3.95. The first-order valence-electron chi connectivity index (χ1n) is 15.5. The normalized spacial score (nSPS) is 11.7. The molecule has 0 amide bonds. The summed E-state index contributed by atoms with van der Waals surface area (Å²) in [6.45, 7) is 0.152. The Kier molecular flexibility index (Phi) is 10.8. The minimum absolute atomic E-state index is 0.0135. The van der Waals surface area contributed by atoms with Crippen molar-refractivity contribution in [1.29, 1.82) is 0 Å². The van der Waals surface area contributed by atoms with Gasteiger partial charge in [0.1, 0.15) is 11.6 Å². The van der Waals surface area contributed by atoms with Crippen molar-refractivity contribution in [3.63, 3.8) is 0 Å². The predicted molar refractivity (Wildman–Crippen MR) is 195 cm³/mol. The van der Waals surface area contributed by atoms with Crippen LogP contribution in [-0.4, -0.2) is 37.2 Å². The molecule has 5 aromatic carbocycles. The van der Waals surface area contributed by atoms with E-state index in [4.69, 9.17) is 39.5 Å². The first kappa shape index (κ1) is 35.4. The van der Waals surface area contributed by atoms with Crippen LogP contribution in [0.3, 0.4) is 0 Å². The molecule has 0 fully saturated rings. The number of rotatable bonds is 13. The topological polar surface area (TPSA) is 97.6 Å². The molecule has 50 heavy (non-hydrogen) atoms. The third kappa shape index (κ3) is 7.67. The van der Waals surface area contributed by atoms with Crippen molar-refractivity contribution in [2.75, 3.05) is 13.2 Å². The number of benzene rings is 5.